The Hall–Kier alpha value is -0.770. The summed E-state index contributed by atoms with van der Waals surface area (Å²) in [7, 11) is 3.81. The van der Waals surface area contributed by atoms with Crippen molar-refractivity contribution in [2.75, 3.05) is 32.2 Å². The minimum absolute atomic E-state index is 0.201. The summed E-state index contributed by atoms with van der Waals surface area (Å²) in [6, 6.07) is 6.24. The van der Waals surface area contributed by atoms with E-state index in [0.717, 1.165) is 37.4 Å². The molecule has 2 N–H and O–H groups in total. The van der Waals surface area contributed by atoms with Crippen LogP contribution in [0.5, 0.6) is 0 Å². The molecule has 0 radical (unpaired) electrons. The third-order valence-electron chi connectivity index (χ3n) is 3.31. The van der Waals surface area contributed by atoms with Gasteiger partial charge in [0.15, 0.2) is 0 Å². The van der Waals surface area contributed by atoms with E-state index >= 15 is 0 Å². The first-order valence-electron chi connectivity index (χ1n) is 6.82. The van der Waals surface area contributed by atoms with E-state index in [4.69, 9.17) is 22.1 Å². The van der Waals surface area contributed by atoms with Crippen LogP contribution in [0.25, 0.3) is 0 Å². The Morgan fingerprint density at radius 2 is 2.16 bits per heavy atom. The highest BCUT2D eigenvalue weighted by molar-refractivity contribution is 6.30. The monoisotopic (exact) mass is 284 g/mol. The van der Waals surface area contributed by atoms with Gasteiger partial charge in [-0.25, -0.2) is 0 Å². The van der Waals surface area contributed by atoms with Gasteiger partial charge in [0.05, 0.1) is 0 Å². The van der Waals surface area contributed by atoms with Gasteiger partial charge in [-0.05, 0) is 37.0 Å². The number of methoxy groups -OCH3 is 1. The van der Waals surface area contributed by atoms with Gasteiger partial charge in [-0.1, -0.05) is 24.6 Å². The molecule has 0 amide bonds. The van der Waals surface area contributed by atoms with Crippen LogP contribution < -0.4 is 10.6 Å². The topological polar surface area (TPSA) is 38.5 Å². The lowest BCUT2D eigenvalue weighted by atomic mass is 10.0. The molecule has 0 fully saturated rings. The Morgan fingerprint density at radius 3 is 2.79 bits per heavy atom. The van der Waals surface area contributed by atoms with Crippen LogP contribution in [0.4, 0.5) is 5.69 Å². The quantitative estimate of drug-likeness (QED) is 0.746. The molecule has 0 aliphatic rings. The zero-order valence-electron chi connectivity index (χ0n) is 12.2. The third kappa shape index (κ3) is 5.39. The standard InChI is InChI=1S/C15H25ClN2O/c1-4-14(17)10-12-6-7-13(16)11-15(12)18(2)8-5-9-19-3/h6-7,11,14H,4-5,8-10,17H2,1-3H3. The Morgan fingerprint density at radius 1 is 1.42 bits per heavy atom. The highest BCUT2D eigenvalue weighted by Gasteiger charge is 2.11. The van der Waals surface area contributed by atoms with Crippen LogP contribution in [0, 0.1) is 0 Å². The van der Waals surface area contributed by atoms with Crippen molar-refractivity contribution in [3.05, 3.63) is 28.8 Å². The molecule has 0 saturated carbocycles. The Kier molecular flexibility index (Phi) is 7.21. The van der Waals surface area contributed by atoms with Crippen molar-refractivity contribution in [3.63, 3.8) is 0 Å². The van der Waals surface area contributed by atoms with Gasteiger partial charge >= 0.3 is 0 Å². The number of benzene rings is 1. The maximum absolute atomic E-state index is 6.11. The highest BCUT2D eigenvalue weighted by Crippen LogP contribution is 2.25. The van der Waals surface area contributed by atoms with Gasteiger partial charge in [0, 0.05) is 44.1 Å². The first-order chi connectivity index (χ1) is 9.08. The second-order valence-corrected chi connectivity index (χ2v) is 5.35. The number of nitrogens with zero attached hydrogens (tertiary/aromatic N) is 1. The molecular weight excluding hydrogens is 260 g/mol. The van der Waals surface area contributed by atoms with Crippen LogP contribution in [0.2, 0.25) is 5.02 Å². The molecule has 0 aromatic heterocycles. The molecule has 19 heavy (non-hydrogen) atoms. The first kappa shape index (κ1) is 16.3. The summed E-state index contributed by atoms with van der Waals surface area (Å²) in [4.78, 5) is 2.22. The highest BCUT2D eigenvalue weighted by atomic mass is 35.5. The summed E-state index contributed by atoms with van der Waals surface area (Å²) < 4.78 is 5.09. The van der Waals surface area contributed by atoms with Crippen molar-refractivity contribution in [1.29, 1.82) is 0 Å². The fourth-order valence-electron chi connectivity index (χ4n) is 2.06. The average Bonchev–Trinajstić information content (AvgIpc) is 2.40. The predicted molar refractivity (Wildman–Crippen MR) is 83.2 cm³/mol. The molecule has 0 bridgehead atoms. The summed E-state index contributed by atoms with van der Waals surface area (Å²) >= 11 is 6.11. The molecule has 0 saturated heterocycles. The van der Waals surface area contributed by atoms with Crippen molar-refractivity contribution in [1.82, 2.24) is 0 Å². The van der Waals surface area contributed by atoms with Crippen molar-refractivity contribution >= 4 is 17.3 Å². The largest absolute Gasteiger partial charge is 0.385 e. The van der Waals surface area contributed by atoms with Crippen LogP contribution in [0.1, 0.15) is 25.3 Å². The molecule has 1 rings (SSSR count). The van der Waals surface area contributed by atoms with Crippen molar-refractivity contribution in [3.8, 4) is 0 Å². The normalized spacial score (nSPS) is 12.5. The summed E-state index contributed by atoms with van der Waals surface area (Å²) in [5.41, 5.74) is 8.50. The van der Waals surface area contributed by atoms with Gasteiger partial charge in [0.1, 0.15) is 0 Å². The number of hydrogen-bond acceptors (Lipinski definition) is 3. The van der Waals surface area contributed by atoms with Crippen LogP contribution >= 0.6 is 11.6 Å². The number of halogens is 1. The molecule has 0 aliphatic heterocycles. The fraction of sp³-hybridized carbons (Fsp3) is 0.600. The average molecular weight is 285 g/mol. The van der Waals surface area contributed by atoms with E-state index in [1.54, 1.807) is 7.11 Å². The van der Waals surface area contributed by atoms with Gasteiger partial charge < -0.3 is 15.4 Å². The summed E-state index contributed by atoms with van der Waals surface area (Å²) in [5.74, 6) is 0. The molecule has 0 heterocycles. The van der Waals surface area contributed by atoms with Crippen LogP contribution in [-0.4, -0.2) is 33.4 Å². The minimum Gasteiger partial charge on any atom is -0.385 e. The molecule has 0 spiro atoms. The number of ether oxygens (including phenoxy) is 1. The van der Waals surface area contributed by atoms with E-state index in [0.29, 0.717) is 0 Å². The molecule has 1 atom stereocenters. The van der Waals surface area contributed by atoms with Crippen molar-refractivity contribution < 1.29 is 4.74 Å². The molecule has 4 heteroatoms. The zero-order valence-corrected chi connectivity index (χ0v) is 12.9. The van der Waals surface area contributed by atoms with Gasteiger partial charge in [-0.3, -0.25) is 0 Å². The lowest BCUT2D eigenvalue weighted by Crippen LogP contribution is -2.25. The third-order valence-corrected chi connectivity index (χ3v) is 3.54. The maximum Gasteiger partial charge on any atom is 0.0479 e. The first-order valence-corrected chi connectivity index (χ1v) is 7.20. The number of rotatable bonds is 8. The van der Waals surface area contributed by atoms with E-state index in [1.165, 1.54) is 11.3 Å². The number of hydrogen-bond donors (Lipinski definition) is 1. The van der Waals surface area contributed by atoms with Crippen LogP contribution in [0.3, 0.4) is 0 Å². The number of nitrogens with two attached hydrogens (primary N) is 1. The molecule has 1 unspecified atom stereocenters. The smallest absolute Gasteiger partial charge is 0.0479 e. The maximum atomic E-state index is 6.11. The number of anilines is 1. The van der Waals surface area contributed by atoms with E-state index in [-0.39, 0.29) is 6.04 Å². The van der Waals surface area contributed by atoms with Crippen molar-refractivity contribution in [2.24, 2.45) is 5.73 Å². The van der Waals surface area contributed by atoms with Gasteiger partial charge in [0.2, 0.25) is 0 Å². The fourth-order valence-corrected chi connectivity index (χ4v) is 2.22. The summed E-state index contributed by atoms with van der Waals surface area (Å²) in [6.45, 7) is 3.83. The van der Waals surface area contributed by atoms with Crippen LogP contribution in [0.15, 0.2) is 18.2 Å². The second kappa shape index (κ2) is 8.41. The summed E-state index contributed by atoms with van der Waals surface area (Å²) in [6.07, 6.45) is 2.87. The Balaban J connectivity index is 2.80. The van der Waals surface area contributed by atoms with Gasteiger partial charge in [-0.2, -0.15) is 0 Å². The Labute approximate surface area is 121 Å². The molecule has 3 nitrogen and oxygen atoms in total. The van der Waals surface area contributed by atoms with E-state index in [1.807, 2.05) is 12.1 Å². The Bertz CT molecular complexity index is 384. The molecular formula is C15H25ClN2O. The zero-order chi connectivity index (χ0) is 14.3. The molecule has 1 aromatic rings. The van der Waals surface area contributed by atoms with Crippen LogP contribution in [-0.2, 0) is 11.2 Å². The van der Waals surface area contributed by atoms with E-state index < -0.39 is 0 Å². The minimum atomic E-state index is 0.201. The van der Waals surface area contributed by atoms with Gasteiger partial charge in [-0.15, -0.1) is 0 Å². The van der Waals surface area contributed by atoms with Crippen molar-refractivity contribution in [2.45, 2.75) is 32.2 Å². The molecule has 108 valence electrons. The predicted octanol–water partition coefficient (Wildman–Crippen LogP) is 3.09. The summed E-state index contributed by atoms with van der Waals surface area (Å²) in [5, 5.41) is 0.766. The lowest BCUT2D eigenvalue weighted by Gasteiger charge is -2.24. The molecule has 0 aliphatic carbocycles. The molecule has 1 aromatic carbocycles. The van der Waals surface area contributed by atoms with Gasteiger partial charge in [0.25, 0.3) is 0 Å². The SMILES string of the molecule is CCC(N)Cc1ccc(Cl)cc1N(C)CCCOC. The second-order valence-electron chi connectivity index (χ2n) is 4.91. The van der Waals surface area contributed by atoms with E-state index in [2.05, 4.69) is 24.9 Å². The van der Waals surface area contributed by atoms with E-state index in [9.17, 15) is 0 Å². The lowest BCUT2D eigenvalue weighted by molar-refractivity contribution is 0.196.